The van der Waals surface area contributed by atoms with Crippen LogP contribution in [-0.2, 0) is 11.2 Å². The van der Waals surface area contributed by atoms with Gasteiger partial charge in [0.1, 0.15) is 5.75 Å². The van der Waals surface area contributed by atoms with Crippen molar-refractivity contribution in [2.45, 2.75) is 13.3 Å². The predicted molar refractivity (Wildman–Crippen MR) is 78.2 cm³/mol. The predicted octanol–water partition coefficient (Wildman–Crippen LogP) is 2.44. The molecule has 5 nitrogen and oxygen atoms in total. The number of nitrogens with two attached hydrogens (primary N) is 1. The van der Waals surface area contributed by atoms with Gasteiger partial charge < -0.3 is 15.2 Å². The Morgan fingerprint density at radius 3 is 2.90 bits per heavy atom. The number of hydrogen-bond acceptors (Lipinski definition) is 6. The first-order chi connectivity index (χ1) is 9.61. The van der Waals surface area contributed by atoms with Crippen LogP contribution in [0.2, 0.25) is 0 Å². The van der Waals surface area contributed by atoms with Gasteiger partial charge in [0.25, 0.3) is 0 Å². The Balaban J connectivity index is 2.00. The molecule has 0 amide bonds. The number of nitrogen functional groups attached to an aromatic ring is 1. The minimum absolute atomic E-state index is 0.318. The highest BCUT2D eigenvalue weighted by Crippen LogP contribution is 2.21. The van der Waals surface area contributed by atoms with Gasteiger partial charge in [0.05, 0.1) is 30.5 Å². The van der Waals surface area contributed by atoms with Crippen LogP contribution in [0.5, 0.6) is 5.75 Å². The van der Waals surface area contributed by atoms with Crippen molar-refractivity contribution >= 4 is 23.0 Å². The van der Waals surface area contributed by atoms with Crippen molar-refractivity contribution in [1.29, 1.82) is 0 Å². The number of esters is 1. The van der Waals surface area contributed by atoms with Crippen molar-refractivity contribution < 1.29 is 14.3 Å². The zero-order valence-corrected chi connectivity index (χ0v) is 12.2. The summed E-state index contributed by atoms with van der Waals surface area (Å²) in [4.78, 5) is 16.9. The molecule has 2 N–H and O–H groups in total. The standard InChI is InChI=1S/C14H16N2O3S/c1-9-13(20-8-16-9)5-6-19-10-3-4-12(15)11(7-10)14(17)18-2/h3-4,7-8H,5-6,15H2,1-2H3. The summed E-state index contributed by atoms with van der Waals surface area (Å²) in [6.07, 6.45) is 0.786. The van der Waals surface area contributed by atoms with E-state index in [4.69, 9.17) is 10.5 Å². The molecule has 0 aliphatic heterocycles. The third kappa shape index (κ3) is 3.27. The first kappa shape index (κ1) is 14.3. The topological polar surface area (TPSA) is 74.4 Å². The Morgan fingerprint density at radius 2 is 2.25 bits per heavy atom. The molecule has 1 aromatic carbocycles. The molecule has 0 spiro atoms. The number of benzene rings is 1. The zero-order valence-electron chi connectivity index (χ0n) is 11.4. The molecule has 0 unspecified atom stereocenters. The highest BCUT2D eigenvalue weighted by molar-refractivity contribution is 7.09. The Hall–Kier alpha value is -2.08. The largest absolute Gasteiger partial charge is 0.493 e. The van der Waals surface area contributed by atoms with Crippen molar-refractivity contribution in [3.8, 4) is 5.75 Å². The van der Waals surface area contributed by atoms with Gasteiger partial charge in [-0.3, -0.25) is 0 Å². The van der Waals surface area contributed by atoms with Gasteiger partial charge in [0.15, 0.2) is 0 Å². The van der Waals surface area contributed by atoms with Crippen LogP contribution < -0.4 is 10.5 Å². The number of carbonyl (C=O) groups excluding carboxylic acids is 1. The minimum atomic E-state index is -0.466. The van der Waals surface area contributed by atoms with E-state index in [-0.39, 0.29) is 0 Å². The lowest BCUT2D eigenvalue weighted by molar-refractivity contribution is 0.0601. The zero-order chi connectivity index (χ0) is 14.5. The molecule has 2 rings (SSSR count). The first-order valence-corrected chi connectivity index (χ1v) is 6.99. The number of aryl methyl sites for hydroxylation is 1. The van der Waals surface area contributed by atoms with E-state index < -0.39 is 5.97 Å². The van der Waals surface area contributed by atoms with Crippen molar-refractivity contribution in [2.24, 2.45) is 0 Å². The number of nitrogens with zero attached hydrogens (tertiary/aromatic N) is 1. The van der Waals surface area contributed by atoms with Gasteiger partial charge in [-0.1, -0.05) is 0 Å². The molecule has 2 aromatic rings. The molecule has 1 heterocycles. The number of methoxy groups -OCH3 is 1. The number of anilines is 1. The Kier molecular flexibility index (Phi) is 4.57. The van der Waals surface area contributed by atoms with Crippen molar-refractivity contribution in [3.63, 3.8) is 0 Å². The second-order valence-corrected chi connectivity index (χ2v) is 5.14. The second-order valence-electron chi connectivity index (χ2n) is 4.20. The van der Waals surface area contributed by atoms with Crippen LogP contribution in [0.25, 0.3) is 0 Å². The SMILES string of the molecule is COC(=O)c1cc(OCCc2scnc2C)ccc1N. The van der Waals surface area contributed by atoms with E-state index >= 15 is 0 Å². The van der Waals surface area contributed by atoms with Crippen molar-refractivity contribution in [3.05, 3.63) is 39.8 Å². The highest BCUT2D eigenvalue weighted by Gasteiger charge is 2.11. The van der Waals surface area contributed by atoms with E-state index in [1.165, 1.54) is 12.0 Å². The quantitative estimate of drug-likeness (QED) is 0.676. The lowest BCUT2D eigenvalue weighted by Gasteiger charge is -2.09. The average Bonchev–Trinajstić information content (AvgIpc) is 2.85. The fourth-order valence-corrected chi connectivity index (χ4v) is 2.50. The number of aromatic nitrogens is 1. The molecular weight excluding hydrogens is 276 g/mol. The summed E-state index contributed by atoms with van der Waals surface area (Å²) in [5, 5.41) is 0. The van der Waals surface area contributed by atoms with Gasteiger partial charge in [-0.2, -0.15) is 0 Å². The summed E-state index contributed by atoms with van der Waals surface area (Å²) in [6, 6.07) is 4.97. The van der Waals surface area contributed by atoms with Gasteiger partial charge in [0, 0.05) is 17.0 Å². The maximum absolute atomic E-state index is 11.5. The number of carbonyl (C=O) groups is 1. The van der Waals surface area contributed by atoms with Crippen LogP contribution >= 0.6 is 11.3 Å². The molecule has 0 bridgehead atoms. The lowest BCUT2D eigenvalue weighted by atomic mass is 10.2. The number of thiazole rings is 1. The van der Waals surface area contributed by atoms with E-state index in [0.717, 1.165) is 12.1 Å². The molecule has 0 aliphatic carbocycles. The van der Waals surface area contributed by atoms with Gasteiger partial charge in [-0.15, -0.1) is 11.3 Å². The van der Waals surface area contributed by atoms with Crippen LogP contribution in [0.1, 0.15) is 20.9 Å². The van der Waals surface area contributed by atoms with Crippen LogP contribution in [0.4, 0.5) is 5.69 Å². The summed E-state index contributed by atoms with van der Waals surface area (Å²) in [5.74, 6) is 0.132. The van der Waals surface area contributed by atoms with Gasteiger partial charge >= 0.3 is 5.97 Å². The van der Waals surface area contributed by atoms with Crippen molar-refractivity contribution in [2.75, 3.05) is 19.5 Å². The molecule has 0 radical (unpaired) electrons. The summed E-state index contributed by atoms with van der Waals surface area (Å²) in [5.41, 5.74) is 9.28. The van der Waals surface area contributed by atoms with E-state index in [2.05, 4.69) is 9.72 Å². The first-order valence-electron chi connectivity index (χ1n) is 6.11. The van der Waals surface area contributed by atoms with E-state index in [0.29, 0.717) is 23.6 Å². The number of hydrogen-bond donors (Lipinski definition) is 1. The molecule has 20 heavy (non-hydrogen) atoms. The number of rotatable bonds is 5. The molecule has 0 fully saturated rings. The summed E-state index contributed by atoms with van der Waals surface area (Å²) < 4.78 is 10.3. The van der Waals surface area contributed by atoms with Crippen LogP contribution in [-0.4, -0.2) is 24.7 Å². The smallest absolute Gasteiger partial charge is 0.340 e. The fraction of sp³-hybridized carbons (Fsp3) is 0.286. The van der Waals surface area contributed by atoms with Crippen LogP contribution in [0.15, 0.2) is 23.7 Å². The molecule has 1 aromatic heterocycles. The molecule has 0 atom stereocenters. The summed E-state index contributed by atoms with van der Waals surface area (Å²) in [7, 11) is 1.32. The number of ether oxygens (including phenoxy) is 2. The Bertz CT molecular complexity index is 610. The summed E-state index contributed by atoms with van der Waals surface area (Å²) in [6.45, 7) is 2.50. The molecule has 6 heteroatoms. The maximum Gasteiger partial charge on any atom is 0.340 e. The normalized spacial score (nSPS) is 10.3. The molecule has 0 aliphatic rings. The van der Waals surface area contributed by atoms with Gasteiger partial charge in [0.2, 0.25) is 0 Å². The third-order valence-corrected chi connectivity index (χ3v) is 3.87. The molecule has 0 saturated carbocycles. The Morgan fingerprint density at radius 1 is 1.45 bits per heavy atom. The lowest BCUT2D eigenvalue weighted by Crippen LogP contribution is -2.07. The maximum atomic E-state index is 11.5. The van der Waals surface area contributed by atoms with E-state index in [1.807, 2.05) is 12.4 Å². The van der Waals surface area contributed by atoms with E-state index in [1.54, 1.807) is 29.5 Å². The van der Waals surface area contributed by atoms with Crippen LogP contribution in [0, 0.1) is 6.92 Å². The fourth-order valence-electron chi connectivity index (χ4n) is 1.74. The Labute approximate surface area is 121 Å². The van der Waals surface area contributed by atoms with Crippen molar-refractivity contribution in [1.82, 2.24) is 4.98 Å². The molecule has 106 valence electrons. The molecule has 0 saturated heterocycles. The second kappa shape index (κ2) is 6.38. The van der Waals surface area contributed by atoms with Gasteiger partial charge in [-0.25, -0.2) is 9.78 Å². The summed E-state index contributed by atoms with van der Waals surface area (Å²) >= 11 is 1.61. The third-order valence-electron chi connectivity index (χ3n) is 2.87. The average molecular weight is 292 g/mol. The minimum Gasteiger partial charge on any atom is -0.493 e. The van der Waals surface area contributed by atoms with E-state index in [9.17, 15) is 4.79 Å². The highest BCUT2D eigenvalue weighted by atomic mass is 32.1. The molecular formula is C14H16N2O3S. The van der Waals surface area contributed by atoms with Gasteiger partial charge in [-0.05, 0) is 25.1 Å². The monoisotopic (exact) mass is 292 g/mol. The van der Waals surface area contributed by atoms with Crippen LogP contribution in [0.3, 0.4) is 0 Å².